The van der Waals surface area contributed by atoms with Gasteiger partial charge in [-0.2, -0.15) is 5.10 Å². The lowest BCUT2D eigenvalue weighted by atomic mass is 9.96. The fourth-order valence-electron chi connectivity index (χ4n) is 6.24. The molecule has 0 radical (unpaired) electrons. The summed E-state index contributed by atoms with van der Waals surface area (Å²) < 4.78 is 13.2. The molecule has 0 saturated carbocycles. The lowest BCUT2D eigenvalue weighted by Gasteiger charge is -2.27. The Bertz CT molecular complexity index is 1910. The molecule has 12 heteroatoms. The third-order valence-corrected chi connectivity index (χ3v) is 9.10. The molecular weight excluding hydrogens is 596 g/mol. The highest BCUT2D eigenvalue weighted by molar-refractivity contribution is 6.36. The Labute approximate surface area is 265 Å². The zero-order chi connectivity index (χ0) is 31.8. The number of halogens is 1. The van der Waals surface area contributed by atoms with Crippen molar-refractivity contribution < 1.29 is 14.3 Å². The van der Waals surface area contributed by atoms with E-state index in [1.807, 2.05) is 31.2 Å². The number of pyridine rings is 1. The van der Waals surface area contributed by atoms with Crippen molar-refractivity contribution in [3.8, 4) is 28.3 Å². The molecule has 1 aliphatic heterocycles. The minimum Gasteiger partial charge on any atom is -0.481 e. The molecule has 11 nitrogen and oxygen atoms in total. The van der Waals surface area contributed by atoms with Gasteiger partial charge in [-0.1, -0.05) is 41.9 Å². The van der Waals surface area contributed by atoms with Gasteiger partial charge in [0, 0.05) is 61.8 Å². The minimum atomic E-state index is -0.775. The SMILES string of the molecule is COc1nc(-c2cccc(-c3cccc(NC(=O)c4nn(C)c(=O)n(C)c4=O)c3C)c2Cl)cc2c1C(NC1CCOCC1)CC2. The van der Waals surface area contributed by atoms with Gasteiger partial charge in [0.15, 0.2) is 0 Å². The number of carbonyl (C=O) groups excluding carboxylic acids is 1. The standard InChI is InChI=1S/C33H35ClN6O5/c1-18-21(7-6-10-24(18)36-30(41)29-32(42)39(2)33(43)40(3)38-29)22-8-5-9-23(28(22)34)26-17-19-11-12-25(27(19)31(37-26)44-4)35-20-13-15-45-16-14-20/h5-10,17,20,25,35H,11-16H2,1-4H3,(H,36,41). The third kappa shape index (κ3) is 5.79. The van der Waals surface area contributed by atoms with E-state index in [9.17, 15) is 14.4 Å². The minimum absolute atomic E-state index is 0.179. The second-order valence-electron chi connectivity index (χ2n) is 11.5. The lowest BCUT2D eigenvalue weighted by Crippen LogP contribution is -2.43. The molecule has 1 fully saturated rings. The number of amides is 1. The van der Waals surface area contributed by atoms with E-state index in [4.69, 9.17) is 26.1 Å². The number of benzene rings is 2. The van der Waals surface area contributed by atoms with E-state index in [-0.39, 0.29) is 11.7 Å². The van der Waals surface area contributed by atoms with Gasteiger partial charge in [0.25, 0.3) is 11.5 Å². The highest BCUT2D eigenvalue weighted by atomic mass is 35.5. The van der Waals surface area contributed by atoms with Gasteiger partial charge in [-0.3, -0.25) is 14.2 Å². The van der Waals surface area contributed by atoms with Crippen LogP contribution in [0, 0.1) is 6.92 Å². The summed E-state index contributed by atoms with van der Waals surface area (Å²) in [6, 6.07) is 13.9. The van der Waals surface area contributed by atoms with Crippen LogP contribution in [-0.4, -0.2) is 51.6 Å². The molecule has 45 heavy (non-hydrogen) atoms. The number of fused-ring (bicyclic) bond motifs is 1. The van der Waals surface area contributed by atoms with Gasteiger partial charge in [-0.15, -0.1) is 0 Å². The first kappa shape index (κ1) is 30.7. The van der Waals surface area contributed by atoms with Crippen LogP contribution in [0.15, 0.2) is 52.1 Å². The topological polar surface area (TPSA) is 129 Å². The highest BCUT2D eigenvalue weighted by Gasteiger charge is 2.31. The Balaban J connectivity index is 1.32. The molecule has 1 saturated heterocycles. The molecule has 4 aromatic rings. The number of nitrogens with one attached hydrogen (secondary N) is 2. The smallest absolute Gasteiger partial charge is 0.346 e. The molecule has 1 atom stereocenters. The van der Waals surface area contributed by atoms with Crippen LogP contribution in [0.25, 0.3) is 22.4 Å². The number of rotatable bonds is 7. The van der Waals surface area contributed by atoms with Crippen molar-refractivity contribution >= 4 is 23.2 Å². The summed E-state index contributed by atoms with van der Waals surface area (Å²) in [4.78, 5) is 42.6. The second-order valence-corrected chi connectivity index (χ2v) is 11.8. The fourth-order valence-corrected chi connectivity index (χ4v) is 6.56. The highest BCUT2D eigenvalue weighted by Crippen LogP contribution is 2.43. The molecule has 0 bridgehead atoms. The van der Waals surface area contributed by atoms with E-state index < -0.39 is 17.2 Å². The number of ether oxygens (including phenoxy) is 2. The van der Waals surface area contributed by atoms with Gasteiger partial charge in [0.1, 0.15) is 0 Å². The van der Waals surface area contributed by atoms with Gasteiger partial charge >= 0.3 is 5.69 Å². The fraction of sp³-hybridized carbons (Fsp3) is 0.364. The van der Waals surface area contributed by atoms with E-state index >= 15 is 0 Å². The number of anilines is 1. The summed E-state index contributed by atoms with van der Waals surface area (Å²) in [6.07, 6.45) is 3.87. The molecule has 234 valence electrons. The van der Waals surface area contributed by atoms with E-state index in [0.717, 1.165) is 81.7 Å². The van der Waals surface area contributed by atoms with Crippen molar-refractivity contribution in [3.63, 3.8) is 0 Å². The number of nitrogens with zero attached hydrogens (tertiary/aromatic N) is 4. The van der Waals surface area contributed by atoms with Crippen LogP contribution < -0.4 is 26.6 Å². The van der Waals surface area contributed by atoms with Crippen molar-refractivity contribution in [3.05, 3.63) is 90.7 Å². The number of aryl methyl sites for hydroxylation is 2. The first-order valence-corrected chi connectivity index (χ1v) is 15.3. The zero-order valence-electron chi connectivity index (χ0n) is 25.6. The number of methoxy groups -OCH3 is 1. The molecule has 1 unspecified atom stereocenters. The summed E-state index contributed by atoms with van der Waals surface area (Å²) in [5.41, 5.74) is 4.81. The predicted molar refractivity (Wildman–Crippen MR) is 172 cm³/mol. The molecule has 3 heterocycles. The van der Waals surface area contributed by atoms with Crippen LogP contribution in [-0.2, 0) is 25.3 Å². The number of hydrogen-bond donors (Lipinski definition) is 2. The van der Waals surface area contributed by atoms with Crippen molar-refractivity contribution in [1.82, 2.24) is 24.6 Å². The number of hydrogen-bond acceptors (Lipinski definition) is 8. The Kier molecular flexibility index (Phi) is 8.59. The molecule has 2 aromatic heterocycles. The van der Waals surface area contributed by atoms with Crippen LogP contribution in [0.2, 0.25) is 5.02 Å². The Morgan fingerprint density at radius 3 is 2.51 bits per heavy atom. The molecule has 2 aliphatic rings. The van der Waals surface area contributed by atoms with Gasteiger partial charge < -0.3 is 20.1 Å². The van der Waals surface area contributed by atoms with Crippen molar-refractivity contribution in [2.75, 3.05) is 25.6 Å². The maximum Gasteiger partial charge on any atom is 0.346 e. The molecule has 1 amide bonds. The molecule has 2 aromatic carbocycles. The van der Waals surface area contributed by atoms with Crippen molar-refractivity contribution in [1.29, 1.82) is 0 Å². The normalized spacial score (nSPS) is 16.4. The van der Waals surface area contributed by atoms with Gasteiger partial charge in [-0.05, 0) is 61.4 Å². The summed E-state index contributed by atoms with van der Waals surface area (Å²) in [6.45, 7) is 3.42. The zero-order valence-corrected chi connectivity index (χ0v) is 26.4. The molecular formula is C33H35ClN6O5. The molecule has 1 aliphatic carbocycles. The monoisotopic (exact) mass is 630 g/mol. The second kappa shape index (κ2) is 12.6. The van der Waals surface area contributed by atoms with Gasteiger partial charge in [0.2, 0.25) is 11.6 Å². The van der Waals surface area contributed by atoms with E-state index in [1.54, 1.807) is 19.2 Å². The summed E-state index contributed by atoms with van der Waals surface area (Å²) in [7, 11) is 4.34. The van der Waals surface area contributed by atoms with Crippen LogP contribution in [0.1, 0.15) is 52.5 Å². The first-order chi connectivity index (χ1) is 21.7. The lowest BCUT2D eigenvalue weighted by molar-refractivity contribution is 0.0747. The maximum absolute atomic E-state index is 13.1. The quantitative estimate of drug-likeness (QED) is 0.311. The van der Waals surface area contributed by atoms with Crippen molar-refractivity contribution in [2.45, 2.75) is 44.7 Å². The molecule has 2 N–H and O–H groups in total. The Hall–Kier alpha value is -4.32. The summed E-state index contributed by atoms with van der Waals surface area (Å²) in [5.74, 6) is -0.115. The number of carbonyl (C=O) groups is 1. The largest absolute Gasteiger partial charge is 0.481 e. The average molecular weight is 631 g/mol. The summed E-state index contributed by atoms with van der Waals surface area (Å²) in [5, 5.41) is 11.0. The Morgan fingerprint density at radius 2 is 1.76 bits per heavy atom. The van der Waals surface area contributed by atoms with E-state index in [2.05, 4.69) is 21.8 Å². The van der Waals surface area contributed by atoms with E-state index in [1.165, 1.54) is 19.7 Å². The predicted octanol–water partition coefficient (Wildman–Crippen LogP) is 4.19. The third-order valence-electron chi connectivity index (χ3n) is 8.69. The van der Waals surface area contributed by atoms with Crippen LogP contribution in [0.3, 0.4) is 0 Å². The van der Waals surface area contributed by atoms with Crippen LogP contribution in [0.5, 0.6) is 5.88 Å². The van der Waals surface area contributed by atoms with Gasteiger partial charge in [0.05, 0.1) is 17.8 Å². The first-order valence-electron chi connectivity index (χ1n) is 14.9. The maximum atomic E-state index is 13.1. The van der Waals surface area contributed by atoms with Crippen molar-refractivity contribution in [2.24, 2.45) is 14.1 Å². The van der Waals surface area contributed by atoms with E-state index in [0.29, 0.717) is 22.6 Å². The molecule has 6 rings (SSSR count). The van der Waals surface area contributed by atoms with Crippen LogP contribution in [0.4, 0.5) is 5.69 Å². The van der Waals surface area contributed by atoms with Gasteiger partial charge in [-0.25, -0.2) is 14.5 Å². The average Bonchev–Trinajstić information content (AvgIpc) is 3.45. The number of aromatic nitrogens is 4. The Morgan fingerprint density at radius 1 is 1.04 bits per heavy atom. The van der Waals surface area contributed by atoms with Crippen LogP contribution >= 0.6 is 11.6 Å². The molecule has 0 spiro atoms. The summed E-state index contributed by atoms with van der Waals surface area (Å²) >= 11 is 7.10.